The van der Waals surface area contributed by atoms with Crippen LogP contribution in [0.4, 0.5) is 4.79 Å². The Hall–Kier alpha value is -1.78. The van der Waals surface area contributed by atoms with Gasteiger partial charge < -0.3 is 4.74 Å². The Morgan fingerprint density at radius 1 is 1.16 bits per heavy atom. The second-order valence-corrected chi connectivity index (χ2v) is 4.96. The van der Waals surface area contributed by atoms with Gasteiger partial charge in [0.2, 0.25) is 0 Å². The Balaban J connectivity index is 4.32. The fraction of sp³-hybridized carbons (Fsp3) is 0.571. The second kappa shape index (κ2) is 8.34. The van der Waals surface area contributed by atoms with Gasteiger partial charge in [0.25, 0.3) is 5.91 Å². The van der Waals surface area contributed by atoms with E-state index in [9.17, 15) is 9.59 Å². The van der Waals surface area contributed by atoms with Gasteiger partial charge in [-0.25, -0.2) is 10.2 Å². The van der Waals surface area contributed by atoms with E-state index in [0.29, 0.717) is 12.0 Å². The highest BCUT2D eigenvalue weighted by Gasteiger charge is 2.16. The number of rotatable bonds is 4. The van der Waals surface area contributed by atoms with Gasteiger partial charge in [0.05, 0.1) is 0 Å². The second-order valence-electron chi connectivity index (χ2n) is 4.96. The Kier molecular flexibility index (Phi) is 7.56. The van der Waals surface area contributed by atoms with E-state index in [1.165, 1.54) is 0 Å². The number of nitrogens with one attached hydrogen (secondary N) is 2. The fourth-order valence-corrected chi connectivity index (χ4v) is 1.17. The predicted molar refractivity (Wildman–Crippen MR) is 75.3 cm³/mol. The molecule has 19 heavy (non-hydrogen) atoms. The lowest BCUT2D eigenvalue weighted by Gasteiger charge is -2.19. The molecule has 2 N–H and O–H groups in total. The molecule has 5 nitrogen and oxygen atoms in total. The number of hydrogen-bond donors (Lipinski definition) is 2. The lowest BCUT2D eigenvalue weighted by Crippen LogP contribution is -2.44. The summed E-state index contributed by atoms with van der Waals surface area (Å²) in [6.45, 7) is 9.14. The van der Waals surface area contributed by atoms with Crippen LogP contribution < -0.4 is 10.9 Å². The molecular formula is C14H24N2O3. The van der Waals surface area contributed by atoms with Crippen molar-refractivity contribution in [1.82, 2.24) is 10.9 Å². The van der Waals surface area contributed by atoms with Crippen LogP contribution in [0, 0.1) is 0 Å². The molecule has 0 unspecified atom stereocenters. The van der Waals surface area contributed by atoms with E-state index in [4.69, 9.17) is 4.74 Å². The third-order valence-electron chi connectivity index (χ3n) is 2.02. The standard InChI is InChI=1S/C14H24N2O3/c1-6-8-9-10-11(7-2)12(17)15-16-13(18)19-14(3,4)5/h8-10H,6-7H2,1-5H3,(H,15,17)(H,16,18)/b9-8-,11-10+. The summed E-state index contributed by atoms with van der Waals surface area (Å²) in [5.74, 6) is -0.339. The normalized spacial score (nSPS) is 12.4. The fourth-order valence-electron chi connectivity index (χ4n) is 1.17. The molecule has 0 heterocycles. The molecule has 0 radical (unpaired) electrons. The summed E-state index contributed by atoms with van der Waals surface area (Å²) < 4.78 is 5.00. The van der Waals surface area contributed by atoms with Crippen LogP contribution in [0.1, 0.15) is 47.5 Å². The zero-order chi connectivity index (χ0) is 14.9. The molecule has 0 fully saturated rings. The van der Waals surface area contributed by atoms with Crippen LogP contribution in [0.25, 0.3) is 0 Å². The summed E-state index contributed by atoms with van der Waals surface area (Å²) in [5, 5.41) is 0. The van der Waals surface area contributed by atoms with Gasteiger partial charge in [-0.05, 0) is 33.6 Å². The van der Waals surface area contributed by atoms with Gasteiger partial charge in [0.1, 0.15) is 5.60 Å². The lowest BCUT2D eigenvalue weighted by molar-refractivity contribution is -0.118. The van der Waals surface area contributed by atoms with E-state index in [1.807, 2.05) is 26.0 Å². The molecular weight excluding hydrogens is 244 g/mol. The van der Waals surface area contributed by atoms with E-state index >= 15 is 0 Å². The highest BCUT2D eigenvalue weighted by Crippen LogP contribution is 2.06. The summed E-state index contributed by atoms with van der Waals surface area (Å²) in [4.78, 5) is 23.1. The van der Waals surface area contributed by atoms with Crippen molar-refractivity contribution < 1.29 is 14.3 Å². The van der Waals surface area contributed by atoms with Crippen LogP contribution in [0.5, 0.6) is 0 Å². The third kappa shape index (κ3) is 8.88. The van der Waals surface area contributed by atoms with Crippen molar-refractivity contribution >= 4 is 12.0 Å². The average Bonchev–Trinajstić information content (AvgIpc) is 2.29. The molecule has 0 aliphatic heterocycles. The molecule has 0 bridgehead atoms. The van der Waals surface area contributed by atoms with Crippen LogP contribution >= 0.6 is 0 Å². The Labute approximate surface area is 115 Å². The van der Waals surface area contributed by atoms with Gasteiger partial charge in [-0.3, -0.25) is 10.2 Å². The first-order valence-corrected chi connectivity index (χ1v) is 6.45. The first-order chi connectivity index (χ1) is 8.80. The first kappa shape index (κ1) is 17.2. The van der Waals surface area contributed by atoms with Crippen molar-refractivity contribution in [3.05, 3.63) is 23.8 Å². The van der Waals surface area contributed by atoms with E-state index in [2.05, 4.69) is 10.9 Å². The molecule has 0 atom stereocenters. The lowest BCUT2D eigenvalue weighted by atomic mass is 10.2. The molecule has 0 saturated heterocycles. The van der Waals surface area contributed by atoms with Crippen LogP contribution in [0.3, 0.4) is 0 Å². The molecule has 0 spiro atoms. The highest BCUT2D eigenvalue weighted by molar-refractivity contribution is 5.94. The summed E-state index contributed by atoms with van der Waals surface area (Å²) in [6.07, 6.45) is 6.31. The first-order valence-electron chi connectivity index (χ1n) is 6.45. The van der Waals surface area contributed by atoms with Crippen molar-refractivity contribution in [3.63, 3.8) is 0 Å². The maximum absolute atomic E-state index is 11.8. The van der Waals surface area contributed by atoms with Gasteiger partial charge in [-0.1, -0.05) is 32.1 Å². The smallest absolute Gasteiger partial charge is 0.426 e. The topological polar surface area (TPSA) is 67.4 Å². The van der Waals surface area contributed by atoms with Crippen LogP contribution in [0.2, 0.25) is 0 Å². The number of ether oxygens (including phenoxy) is 1. The molecule has 0 saturated carbocycles. The summed E-state index contributed by atoms with van der Waals surface area (Å²) in [6, 6.07) is 0. The maximum atomic E-state index is 11.8. The molecule has 5 heteroatoms. The molecule has 0 aromatic carbocycles. The molecule has 0 rings (SSSR count). The Morgan fingerprint density at radius 3 is 2.26 bits per heavy atom. The van der Waals surface area contributed by atoms with Crippen LogP contribution in [-0.4, -0.2) is 17.6 Å². The van der Waals surface area contributed by atoms with Crippen molar-refractivity contribution in [1.29, 1.82) is 0 Å². The largest absolute Gasteiger partial charge is 0.443 e. The molecule has 108 valence electrons. The van der Waals surface area contributed by atoms with Gasteiger partial charge >= 0.3 is 6.09 Å². The highest BCUT2D eigenvalue weighted by atomic mass is 16.6. The molecule has 0 aliphatic rings. The zero-order valence-corrected chi connectivity index (χ0v) is 12.4. The minimum Gasteiger partial charge on any atom is -0.443 e. The van der Waals surface area contributed by atoms with Gasteiger partial charge in [-0.2, -0.15) is 0 Å². The minimum atomic E-state index is -0.680. The van der Waals surface area contributed by atoms with E-state index in [1.54, 1.807) is 26.8 Å². The monoisotopic (exact) mass is 268 g/mol. The van der Waals surface area contributed by atoms with Crippen molar-refractivity contribution in [3.8, 4) is 0 Å². The van der Waals surface area contributed by atoms with Crippen molar-refractivity contribution in [2.45, 2.75) is 53.1 Å². The SMILES string of the molecule is CC/C=C\C=C(/CC)C(=O)NNC(=O)OC(C)(C)C. The number of carbonyl (C=O) groups excluding carboxylic acids is 2. The van der Waals surface area contributed by atoms with Gasteiger partial charge in [0, 0.05) is 5.57 Å². The van der Waals surface area contributed by atoms with Crippen LogP contribution in [0.15, 0.2) is 23.8 Å². The molecule has 2 amide bonds. The van der Waals surface area contributed by atoms with E-state index in [-0.39, 0.29) is 5.91 Å². The van der Waals surface area contributed by atoms with Gasteiger partial charge in [0.15, 0.2) is 0 Å². The molecule has 0 aliphatic carbocycles. The Bertz CT molecular complexity index is 365. The summed E-state index contributed by atoms with van der Waals surface area (Å²) >= 11 is 0. The maximum Gasteiger partial charge on any atom is 0.426 e. The molecule has 0 aromatic heterocycles. The van der Waals surface area contributed by atoms with Crippen molar-refractivity contribution in [2.75, 3.05) is 0 Å². The number of amides is 2. The Morgan fingerprint density at radius 2 is 1.79 bits per heavy atom. The number of allylic oxidation sites excluding steroid dienone is 3. The number of hydrazine groups is 1. The average molecular weight is 268 g/mol. The third-order valence-corrected chi connectivity index (χ3v) is 2.02. The van der Waals surface area contributed by atoms with Gasteiger partial charge in [-0.15, -0.1) is 0 Å². The van der Waals surface area contributed by atoms with E-state index < -0.39 is 11.7 Å². The summed E-state index contributed by atoms with van der Waals surface area (Å²) in [5.41, 5.74) is 4.52. The van der Waals surface area contributed by atoms with E-state index in [0.717, 1.165) is 6.42 Å². The number of hydrogen-bond acceptors (Lipinski definition) is 3. The number of carbonyl (C=O) groups is 2. The quantitative estimate of drug-likeness (QED) is 0.468. The minimum absolute atomic E-state index is 0.339. The zero-order valence-electron chi connectivity index (χ0n) is 12.4. The van der Waals surface area contributed by atoms with Crippen LogP contribution in [-0.2, 0) is 9.53 Å². The predicted octanol–water partition coefficient (Wildman–Crippen LogP) is 2.84. The molecule has 0 aromatic rings. The summed E-state index contributed by atoms with van der Waals surface area (Å²) in [7, 11) is 0. The van der Waals surface area contributed by atoms with Crippen molar-refractivity contribution in [2.24, 2.45) is 0 Å².